The van der Waals surface area contributed by atoms with E-state index in [4.69, 9.17) is 14.2 Å². The van der Waals surface area contributed by atoms with Gasteiger partial charge in [0.05, 0.1) is 21.3 Å². The van der Waals surface area contributed by atoms with E-state index in [0.29, 0.717) is 12.2 Å². The minimum absolute atomic E-state index is 0.171. The van der Waals surface area contributed by atoms with Crippen LogP contribution >= 0.6 is 0 Å². The van der Waals surface area contributed by atoms with Crippen LogP contribution in [-0.4, -0.2) is 27.1 Å². The number of benzene rings is 2. The number of ether oxygens (including phenoxy) is 3. The SMILES string of the molecule is COc1ccc([C@@H]2C3=C(CCCC3=O)Nc3cc(OC)cc(OC)c32)cc1. The Bertz CT molecular complexity index is 915. The summed E-state index contributed by atoms with van der Waals surface area (Å²) < 4.78 is 16.4. The highest BCUT2D eigenvalue weighted by Crippen LogP contribution is 2.50. The van der Waals surface area contributed by atoms with E-state index in [9.17, 15) is 4.79 Å². The standard InChI is InChI=1S/C22H23NO4/c1-25-14-9-7-13(8-10-14)20-21-16(5-4-6-18(21)24)23-17-11-15(26-2)12-19(27-3)22(17)20/h7-12,20,23H,4-6H2,1-3H3/t20-/m1/s1. The van der Waals surface area contributed by atoms with Gasteiger partial charge in [-0.3, -0.25) is 4.79 Å². The van der Waals surface area contributed by atoms with Crippen LogP contribution in [0.3, 0.4) is 0 Å². The first-order valence-electron chi connectivity index (χ1n) is 9.09. The van der Waals surface area contributed by atoms with Crippen molar-refractivity contribution in [2.45, 2.75) is 25.2 Å². The molecule has 0 spiro atoms. The number of hydrogen-bond acceptors (Lipinski definition) is 5. The lowest BCUT2D eigenvalue weighted by atomic mass is 9.75. The number of hydrogen-bond donors (Lipinski definition) is 1. The van der Waals surface area contributed by atoms with E-state index in [1.165, 1.54) is 0 Å². The molecule has 1 aliphatic carbocycles. The van der Waals surface area contributed by atoms with Gasteiger partial charge in [-0.2, -0.15) is 0 Å². The Morgan fingerprint density at radius 1 is 0.926 bits per heavy atom. The summed E-state index contributed by atoms with van der Waals surface area (Å²) in [5.41, 5.74) is 4.81. The molecule has 2 aromatic rings. The Labute approximate surface area is 158 Å². The van der Waals surface area contributed by atoms with Gasteiger partial charge in [0.2, 0.25) is 0 Å². The predicted molar refractivity (Wildman–Crippen MR) is 104 cm³/mol. The number of ketones is 1. The summed E-state index contributed by atoms with van der Waals surface area (Å²) in [5.74, 6) is 2.25. The number of methoxy groups -OCH3 is 3. The van der Waals surface area contributed by atoms with Crippen LogP contribution < -0.4 is 19.5 Å². The Kier molecular flexibility index (Phi) is 4.52. The topological polar surface area (TPSA) is 56.8 Å². The third kappa shape index (κ3) is 2.93. The molecule has 140 valence electrons. The molecule has 1 aliphatic heterocycles. The lowest BCUT2D eigenvalue weighted by Gasteiger charge is -2.35. The zero-order valence-electron chi connectivity index (χ0n) is 15.8. The Morgan fingerprint density at radius 2 is 1.67 bits per heavy atom. The summed E-state index contributed by atoms with van der Waals surface area (Å²) in [7, 11) is 4.93. The molecular weight excluding hydrogens is 342 g/mol. The number of carbonyl (C=O) groups is 1. The molecule has 2 aromatic carbocycles. The molecule has 0 fully saturated rings. The third-order valence-corrected chi connectivity index (χ3v) is 5.34. The van der Waals surface area contributed by atoms with Crippen molar-refractivity contribution in [3.63, 3.8) is 0 Å². The van der Waals surface area contributed by atoms with Crippen LogP contribution in [0.25, 0.3) is 0 Å². The van der Waals surface area contributed by atoms with E-state index >= 15 is 0 Å². The second kappa shape index (κ2) is 6.99. The number of fused-ring (bicyclic) bond motifs is 1. The zero-order chi connectivity index (χ0) is 19.0. The van der Waals surface area contributed by atoms with Gasteiger partial charge in [-0.15, -0.1) is 0 Å². The first-order valence-corrected chi connectivity index (χ1v) is 9.09. The van der Waals surface area contributed by atoms with E-state index in [-0.39, 0.29) is 11.7 Å². The fourth-order valence-electron chi connectivity index (χ4n) is 4.05. The average Bonchev–Trinajstić information content (AvgIpc) is 2.71. The number of nitrogens with one attached hydrogen (secondary N) is 1. The van der Waals surface area contributed by atoms with Crippen LogP contribution in [0, 0.1) is 0 Å². The van der Waals surface area contributed by atoms with Gasteiger partial charge < -0.3 is 19.5 Å². The largest absolute Gasteiger partial charge is 0.497 e. The second-order valence-corrected chi connectivity index (χ2v) is 6.79. The second-order valence-electron chi connectivity index (χ2n) is 6.79. The number of carbonyl (C=O) groups excluding carboxylic acids is 1. The first kappa shape index (κ1) is 17.5. The Morgan fingerprint density at radius 3 is 2.33 bits per heavy atom. The highest BCUT2D eigenvalue weighted by molar-refractivity contribution is 6.01. The van der Waals surface area contributed by atoms with Gasteiger partial charge >= 0.3 is 0 Å². The maximum absolute atomic E-state index is 12.9. The normalized spacial score (nSPS) is 18.3. The van der Waals surface area contributed by atoms with Gasteiger partial charge in [0.25, 0.3) is 0 Å². The van der Waals surface area contributed by atoms with Gasteiger partial charge in [-0.25, -0.2) is 0 Å². The van der Waals surface area contributed by atoms with Crippen LogP contribution in [0.1, 0.15) is 36.3 Å². The molecule has 4 rings (SSSR count). The molecule has 1 heterocycles. The molecule has 2 aliphatic rings. The van der Waals surface area contributed by atoms with Crippen molar-refractivity contribution in [3.8, 4) is 17.2 Å². The number of Topliss-reactive ketones (excluding diaryl/α,β-unsaturated/α-hetero) is 1. The number of allylic oxidation sites excluding steroid dienone is 2. The minimum Gasteiger partial charge on any atom is -0.497 e. The van der Waals surface area contributed by atoms with Crippen LogP contribution in [0.5, 0.6) is 17.2 Å². The number of rotatable bonds is 4. The van der Waals surface area contributed by atoms with Crippen LogP contribution in [0.2, 0.25) is 0 Å². The molecule has 0 saturated carbocycles. The van der Waals surface area contributed by atoms with E-state index in [1.54, 1.807) is 21.3 Å². The predicted octanol–water partition coefficient (Wildman–Crippen LogP) is 4.28. The molecule has 1 N–H and O–H groups in total. The number of anilines is 1. The van der Waals surface area contributed by atoms with E-state index < -0.39 is 0 Å². The van der Waals surface area contributed by atoms with Crippen molar-refractivity contribution >= 4 is 11.5 Å². The molecule has 5 nitrogen and oxygen atoms in total. The fraction of sp³-hybridized carbons (Fsp3) is 0.318. The third-order valence-electron chi connectivity index (χ3n) is 5.34. The van der Waals surface area contributed by atoms with Gasteiger partial charge in [0.1, 0.15) is 17.2 Å². The molecule has 0 bridgehead atoms. The molecule has 0 radical (unpaired) electrons. The summed E-state index contributed by atoms with van der Waals surface area (Å²) in [6.07, 6.45) is 2.32. The fourth-order valence-corrected chi connectivity index (χ4v) is 4.05. The lowest BCUT2D eigenvalue weighted by molar-refractivity contribution is -0.116. The monoisotopic (exact) mass is 365 g/mol. The molecule has 0 saturated heterocycles. The van der Waals surface area contributed by atoms with Gasteiger partial charge in [-0.05, 0) is 30.5 Å². The minimum atomic E-state index is -0.171. The van der Waals surface area contributed by atoms with Crippen molar-refractivity contribution in [2.24, 2.45) is 0 Å². The molecule has 0 amide bonds. The van der Waals surface area contributed by atoms with Crippen molar-refractivity contribution in [3.05, 3.63) is 58.8 Å². The molecular formula is C22H23NO4. The van der Waals surface area contributed by atoms with Crippen molar-refractivity contribution < 1.29 is 19.0 Å². The molecule has 27 heavy (non-hydrogen) atoms. The summed E-state index contributed by atoms with van der Waals surface area (Å²) in [5, 5.41) is 3.48. The van der Waals surface area contributed by atoms with Crippen LogP contribution in [0.4, 0.5) is 5.69 Å². The first-order chi connectivity index (χ1) is 13.2. The Hall–Kier alpha value is -2.95. The van der Waals surface area contributed by atoms with Crippen molar-refractivity contribution in [2.75, 3.05) is 26.6 Å². The highest BCUT2D eigenvalue weighted by Gasteiger charge is 2.37. The smallest absolute Gasteiger partial charge is 0.161 e. The van der Waals surface area contributed by atoms with Crippen molar-refractivity contribution in [1.82, 2.24) is 0 Å². The van der Waals surface area contributed by atoms with E-state index in [1.807, 2.05) is 36.4 Å². The summed E-state index contributed by atoms with van der Waals surface area (Å²) in [4.78, 5) is 12.9. The quantitative estimate of drug-likeness (QED) is 0.877. The maximum atomic E-state index is 12.9. The van der Waals surface area contributed by atoms with Crippen LogP contribution in [-0.2, 0) is 4.79 Å². The van der Waals surface area contributed by atoms with Crippen molar-refractivity contribution in [1.29, 1.82) is 0 Å². The van der Waals surface area contributed by atoms with Gasteiger partial charge in [-0.1, -0.05) is 12.1 Å². The zero-order valence-corrected chi connectivity index (χ0v) is 15.8. The molecule has 5 heteroatoms. The maximum Gasteiger partial charge on any atom is 0.161 e. The summed E-state index contributed by atoms with van der Waals surface area (Å²) in [6, 6.07) is 11.7. The van der Waals surface area contributed by atoms with E-state index in [2.05, 4.69) is 5.32 Å². The molecule has 0 aromatic heterocycles. The highest BCUT2D eigenvalue weighted by atomic mass is 16.5. The summed E-state index contributed by atoms with van der Waals surface area (Å²) in [6.45, 7) is 0. The summed E-state index contributed by atoms with van der Waals surface area (Å²) >= 11 is 0. The van der Waals surface area contributed by atoms with Gasteiger partial charge in [0.15, 0.2) is 5.78 Å². The lowest BCUT2D eigenvalue weighted by Crippen LogP contribution is -2.27. The van der Waals surface area contributed by atoms with Gasteiger partial charge in [0, 0.05) is 47.0 Å². The van der Waals surface area contributed by atoms with Crippen LogP contribution in [0.15, 0.2) is 47.7 Å². The average molecular weight is 365 g/mol. The molecule has 1 atom stereocenters. The molecule has 0 unspecified atom stereocenters. The van der Waals surface area contributed by atoms with E-state index in [0.717, 1.165) is 52.4 Å². The Balaban J connectivity index is 1.95.